The molecule has 1 aromatic carbocycles. The van der Waals surface area contributed by atoms with Crippen LogP contribution in [0.15, 0.2) is 24.4 Å². The van der Waals surface area contributed by atoms with Crippen molar-refractivity contribution in [2.75, 3.05) is 7.05 Å². The van der Waals surface area contributed by atoms with Gasteiger partial charge >= 0.3 is 0 Å². The van der Waals surface area contributed by atoms with Gasteiger partial charge in [-0.25, -0.2) is 4.39 Å². The lowest BCUT2D eigenvalue weighted by atomic mass is 9.99. The summed E-state index contributed by atoms with van der Waals surface area (Å²) in [5.41, 5.74) is 1.92. The van der Waals surface area contributed by atoms with Crippen molar-refractivity contribution in [3.8, 4) is 0 Å². The smallest absolute Gasteiger partial charge is 0.128 e. The number of nitrogens with zero attached hydrogens (tertiary/aromatic N) is 1. The van der Waals surface area contributed by atoms with Crippen LogP contribution >= 0.6 is 0 Å². The number of nitrogens with one attached hydrogen (secondary N) is 1. The molecule has 1 unspecified atom stereocenters. The predicted octanol–water partition coefficient (Wildman–Crippen LogP) is 1.92. The highest BCUT2D eigenvalue weighted by atomic mass is 19.1. The van der Waals surface area contributed by atoms with Crippen LogP contribution in [0.5, 0.6) is 0 Å². The van der Waals surface area contributed by atoms with E-state index in [2.05, 4.69) is 16.0 Å². The van der Waals surface area contributed by atoms with E-state index in [4.69, 9.17) is 0 Å². The first kappa shape index (κ1) is 8.92. The van der Waals surface area contributed by atoms with Crippen LogP contribution in [0.25, 0.3) is 10.9 Å². The summed E-state index contributed by atoms with van der Waals surface area (Å²) in [6.45, 7) is 0.927. The minimum absolute atomic E-state index is 0.0811. The molecule has 78 valence electrons. The Labute approximate surface area is 87.7 Å². The van der Waals surface area contributed by atoms with E-state index in [-0.39, 0.29) is 5.82 Å². The Kier molecular flexibility index (Phi) is 1.83. The average molecular weight is 204 g/mol. The lowest BCUT2D eigenvalue weighted by molar-refractivity contribution is 0.458. The molecule has 0 bridgehead atoms. The second-order valence-corrected chi connectivity index (χ2v) is 4.12. The third kappa shape index (κ3) is 1.20. The van der Waals surface area contributed by atoms with Crippen LogP contribution < -0.4 is 5.32 Å². The monoisotopic (exact) mass is 204 g/mol. The lowest BCUT2D eigenvalue weighted by Gasteiger charge is -2.24. The van der Waals surface area contributed by atoms with Gasteiger partial charge in [-0.1, -0.05) is 0 Å². The van der Waals surface area contributed by atoms with Crippen LogP contribution in [-0.4, -0.2) is 17.7 Å². The molecule has 0 radical (unpaired) electrons. The lowest BCUT2D eigenvalue weighted by Crippen LogP contribution is -2.35. The van der Waals surface area contributed by atoms with Gasteiger partial charge in [-0.05, 0) is 31.7 Å². The highest BCUT2D eigenvalue weighted by molar-refractivity contribution is 5.84. The van der Waals surface area contributed by atoms with Crippen molar-refractivity contribution in [1.82, 2.24) is 9.88 Å². The van der Waals surface area contributed by atoms with Gasteiger partial charge in [0, 0.05) is 29.7 Å². The summed E-state index contributed by atoms with van der Waals surface area (Å²) in [6, 6.07) is 5.81. The van der Waals surface area contributed by atoms with Gasteiger partial charge in [-0.3, -0.25) is 0 Å². The highest BCUT2D eigenvalue weighted by Gasteiger charge is 2.21. The quantitative estimate of drug-likeness (QED) is 0.751. The molecule has 0 fully saturated rings. The molecule has 2 nitrogen and oxygen atoms in total. The normalized spacial score (nSPS) is 19.7. The fourth-order valence-electron chi connectivity index (χ4n) is 2.44. The molecule has 3 rings (SSSR count). The molecule has 0 spiro atoms. The molecule has 0 aliphatic carbocycles. The minimum Gasteiger partial charge on any atom is -0.346 e. The molecule has 0 amide bonds. The number of halogens is 1. The van der Waals surface area contributed by atoms with E-state index in [9.17, 15) is 4.39 Å². The van der Waals surface area contributed by atoms with Crippen molar-refractivity contribution in [1.29, 1.82) is 0 Å². The molecule has 3 heteroatoms. The molecule has 1 N–H and O–H groups in total. The van der Waals surface area contributed by atoms with Gasteiger partial charge in [0.05, 0.1) is 5.52 Å². The second-order valence-electron chi connectivity index (χ2n) is 4.12. The van der Waals surface area contributed by atoms with Crippen molar-refractivity contribution in [3.63, 3.8) is 0 Å². The largest absolute Gasteiger partial charge is 0.346 e. The maximum absolute atomic E-state index is 13.7. The van der Waals surface area contributed by atoms with Gasteiger partial charge in [-0.15, -0.1) is 0 Å². The Morgan fingerprint density at radius 2 is 2.27 bits per heavy atom. The zero-order valence-corrected chi connectivity index (χ0v) is 8.63. The van der Waals surface area contributed by atoms with Crippen LogP contribution in [0.4, 0.5) is 4.39 Å². The SMILES string of the molecule is CNC1Cc2c(F)ccc3ccn(c23)C1. The molecule has 2 aromatic rings. The van der Waals surface area contributed by atoms with Crippen molar-refractivity contribution >= 4 is 10.9 Å². The van der Waals surface area contributed by atoms with E-state index >= 15 is 0 Å². The van der Waals surface area contributed by atoms with Crippen LogP contribution in [0.3, 0.4) is 0 Å². The topological polar surface area (TPSA) is 17.0 Å². The number of aromatic nitrogens is 1. The molecule has 1 aromatic heterocycles. The van der Waals surface area contributed by atoms with E-state index in [1.165, 1.54) is 0 Å². The Hall–Kier alpha value is -1.35. The van der Waals surface area contributed by atoms with E-state index in [0.717, 1.165) is 29.4 Å². The molecular formula is C12H13FN2. The number of rotatable bonds is 1. The molecule has 1 aliphatic rings. The van der Waals surface area contributed by atoms with Crippen LogP contribution in [0.2, 0.25) is 0 Å². The zero-order valence-electron chi connectivity index (χ0n) is 8.63. The highest BCUT2D eigenvalue weighted by Crippen LogP contribution is 2.28. The van der Waals surface area contributed by atoms with Gasteiger partial charge in [0.1, 0.15) is 5.82 Å². The van der Waals surface area contributed by atoms with Crippen LogP contribution in [-0.2, 0) is 13.0 Å². The van der Waals surface area contributed by atoms with Gasteiger partial charge in [0.15, 0.2) is 0 Å². The molecule has 15 heavy (non-hydrogen) atoms. The number of likely N-dealkylation sites (N-methyl/N-ethyl adjacent to an activating group) is 1. The van der Waals surface area contributed by atoms with E-state index in [1.54, 1.807) is 6.07 Å². The van der Waals surface area contributed by atoms with Crippen molar-refractivity contribution in [3.05, 3.63) is 35.8 Å². The Balaban J connectivity index is 2.28. The summed E-state index contributed by atoms with van der Waals surface area (Å²) in [4.78, 5) is 0. The summed E-state index contributed by atoms with van der Waals surface area (Å²) < 4.78 is 15.8. The summed E-state index contributed by atoms with van der Waals surface area (Å²) >= 11 is 0. The van der Waals surface area contributed by atoms with E-state index in [1.807, 2.05) is 19.3 Å². The van der Waals surface area contributed by atoms with Gasteiger partial charge < -0.3 is 9.88 Å². The van der Waals surface area contributed by atoms with E-state index in [0.29, 0.717) is 6.04 Å². The van der Waals surface area contributed by atoms with Gasteiger partial charge in [0.25, 0.3) is 0 Å². The van der Waals surface area contributed by atoms with Crippen LogP contribution in [0, 0.1) is 5.82 Å². The first-order valence-electron chi connectivity index (χ1n) is 5.23. The van der Waals surface area contributed by atoms with Gasteiger partial charge in [-0.2, -0.15) is 0 Å². The van der Waals surface area contributed by atoms with Crippen molar-refractivity contribution in [2.24, 2.45) is 0 Å². The standard InChI is InChI=1S/C12H13FN2/c1-14-9-6-10-11(13)3-2-8-4-5-15(7-9)12(8)10/h2-5,9,14H,6-7H2,1H3. The maximum Gasteiger partial charge on any atom is 0.128 e. The zero-order chi connectivity index (χ0) is 10.4. The Morgan fingerprint density at radius 3 is 3.07 bits per heavy atom. The molecule has 0 saturated heterocycles. The predicted molar refractivity (Wildman–Crippen MR) is 58.4 cm³/mol. The molecule has 2 heterocycles. The maximum atomic E-state index is 13.7. The van der Waals surface area contributed by atoms with Crippen molar-refractivity contribution in [2.45, 2.75) is 19.0 Å². The molecule has 1 aliphatic heterocycles. The van der Waals surface area contributed by atoms with Crippen LogP contribution in [0.1, 0.15) is 5.56 Å². The molecule has 0 saturated carbocycles. The summed E-state index contributed by atoms with van der Waals surface area (Å²) in [5.74, 6) is -0.0811. The summed E-state index contributed by atoms with van der Waals surface area (Å²) in [6.07, 6.45) is 2.82. The fourth-order valence-corrected chi connectivity index (χ4v) is 2.44. The number of hydrogen-bond acceptors (Lipinski definition) is 1. The summed E-state index contributed by atoms with van der Waals surface area (Å²) in [7, 11) is 1.93. The fraction of sp³-hybridized carbons (Fsp3) is 0.333. The Bertz CT molecular complexity index is 516. The summed E-state index contributed by atoms with van der Waals surface area (Å²) in [5, 5.41) is 4.36. The Morgan fingerprint density at radius 1 is 1.40 bits per heavy atom. The number of hydrogen-bond donors (Lipinski definition) is 1. The molecule has 1 atom stereocenters. The third-order valence-corrected chi connectivity index (χ3v) is 3.25. The first-order valence-corrected chi connectivity index (χ1v) is 5.23. The average Bonchev–Trinajstić information content (AvgIpc) is 2.67. The minimum atomic E-state index is -0.0811. The molecular weight excluding hydrogens is 191 g/mol. The number of benzene rings is 1. The van der Waals surface area contributed by atoms with Gasteiger partial charge in [0.2, 0.25) is 0 Å². The second kappa shape index (κ2) is 3.07. The third-order valence-electron chi connectivity index (χ3n) is 3.25. The van der Waals surface area contributed by atoms with Crippen molar-refractivity contribution < 1.29 is 4.39 Å². The van der Waals surface area contributed by atoms with E-state index < -0.39 is 0 Å². The first-order chi connectivity index (χ1) is 7.29.